The van der Waals surface area contributed by atoms with Crippen molar-refractivity contribution in [1.82, 2.24) is 0 Å². The number of carbonyl (C=O) groups is 2. The first kappa shape index (κ1) is 24.0. The predicted molar refractivity (Wildman–Crippen MR) is 125 cm³/mol. The molecule has 0 heterocycles. The fourth-order valence-corrected chi connectivity index (χ4v) is 7.01. The highest BCUT2D eigenvalue weighted by Crippen LogP contribution is 2.43. The van der Waals surface area contributed by atoms with Gasteiger partial charge in [0.1, 0.15) is 11.6 Å². The van der Waals surface area contributed by atoms with Crippen LogP contribution in [0.5, 0.6) is 0 Å². The van der Waals surface area contributed by atoms with E-state index in [4.69, 9.17) is 0 Å². The molecule has 0 saturated heterocycles. The summed E-state index contributed by atoms with van der Waals surface area (Å²) in [5.41, 5.74) is 0. The summed E-state index contributed by atoms with van der Waals surface area (Å²) in [4.78, 5) is 25.5. The summed E-state index contributed by atoms with van der Waals surface area (Å²) in [5, 5.41) is 0. The summed E-state index contributed by atoms with van der Waals surface area (Å²) < 4.78 is 0. The van der Waals surface area contributed by atoms with Crippen molar-refractivity contribution in [3.05, 3.63) is 0 Å². The van der Waals surface area contributed by atoms with E-state index >= 15 is 0 Å². The van der Waals surface area contributed by atoms with Crippen LogP contribution < -0.4 is 0 Å². The zero-order valence-electron chi connectivity index (χ0n) is 20.0. The summed E-state index contributed by atoms with van der Waals surface area (Å²) in [6.07, 6.45) is 22.0. The third-order valence-corrected chi connectivity index (χ3v) is 8.98. The molecule has 2 heteroatoms. The van der Waals surface area contributed by atoms with Gasteiger partial charge in [0.25, 0.3) is 0 Å². The van der Waals surface area contributed by atoms with E-state index in [2.05, 4.69) is 13.8 Å². The summed E-state index contributed by atoms with van der Waals surface area (Å²) in [7, 11) is 0. The number of unbranched alkanes of at least 4 members (excludes halogenated alkanes) is 2. The van der Waals surface area contributed by atoms with E-state index in [1.54, 1.807) is 0 Å². The Labute approximate surface area is 186 Å². The number of carbonyl (C=O) groups excluding carboxylic acids is 2. The summed E-state index contributed by atoms with van der Waals surface area (Å²) in [6, 6.07) is 0. The molecule has 0 radical (unpaired) electrons. The lowest BCUT2D eigenvalue weighted by Gasteiger charge is -2.38. The Bertz CT molecular complexity index is 523. The van der Waals surface area contributed by atoms with E-state index in [0.717, 1.165) is 30.6 Å². The van der Waals surface area contributed by atoms with Gasteiger partial charge >= 0.3 is 0 Å². The van der Waals surface area contributed by atoms with Gasteiger partial charge in [-0.1, -0.05) is 65.2 Å². The van der Waals surface area contributed by atoms with Crippen LogP contribution in [0.3, 0.4) is 0 Å². The van der Waals surface area contributed by atoms with Crippen LogP contribution >= 0.6 is 0 Å². The molecule has 0 aromatic rings. The second-order valence-corrected chi connectivity index (χ2v) is 11.2. The van der Waals surface area contributed by atoms with Crippen molar-refractivity contribution < 1.29 is 9.59 Å². The average molecular weight is 417 g/mol. The lowest BCUT2D eigenvalue weighted by atomic mass is 9.67. The lowest BCUT2D eigenvalue weighted by molar-refractivity contribution is -0.136. The van der Waals surface area contributed by atoms with Gasteiger partial charge in [0.2, 0.25) is 0 Å². The maximum Gasteiger partial charge on any atom is 0.143 e. The molecule has 0 bridgehead atoms. The monoisotopic (exact) mass is 416 g/mol. The molecule has 3 aliphatic carbocycles. The first-order chi connectivity index (χ1) is 14.6. The Morgan fingerprint density at radius 3 is 1.87 bits per heavy atom. The molecule has 3 rings (SSSR count). The van der Waals surface area contributed by atoms with Crippen LogP contribution in [-0.4, -0.2) is 11.6 Å². The van der Waals surface area contributed by atoms with Gasteiger partial charge in [0, 0.05) is 12.8 Å². The molecule has 30 heavy (non-hydrogen) atoms. The molecule has 2 unspecified atom stereocenters. The third kappa shape index (κ3) is 6.92. The fraction of sp³-hybridized carbons (Fsp3) is 0.929. The standard InChI is InChI=1S/C28H48O2/c1-3-5-6-8-22-13-18-26(27(29)19-22)28(30)20-23-11-16-25(17-12-23)24-14-9-21(7-4-2)10-15-24/h21-26H,3-20H2,1-2H3. The number of ketones is 2. The van der Waals surface area contributed by atoms with Crippen LogP contribution in [0, 0.1) is 35.5 Å². The normalized spacial score (nSPS) is 35.3. The molecule has 2 nitrogen and oxygen atoms in total. The van der Waals surface area contributed by atoms with Gasteiger partial charge in [-0.2, -0.15) is 0 Å². The Kier molecular flexibility index (Phi) is 9.91. The van der Waals surface area contributed by atoms with Crippen molar-refractivity contribution in [2.45, 2.75) is 129 Å². The molecule has 0 amide bonds. The van der Waals surface area contributed by atoms with Crippen LogP contribution in [0.25, 0.3) is 0 Å². The van der Waals surface area contributed by atoms with Gasteiger partial charge < -0.3 is 0 Å². The number of hydrogen-bond acceptors (Lipinski definition) is 2. The lowest BCUT2D eigenvalue weighted by Crippen LogP contribution is -2.33. The molecule has 3 aliphatic rings. The van der Waals surface area contributed by atoms with Gasteiger partial charge in [0.05, 0.1) is 5.92 Å². The third-order valence-electron chi connectivity index (χ3n) is 8.98. The first-order valence-electron chi connectivity index (χ1n) is 13.7. The van der Waals surface area contributed by atoms with Gasteiger partial charge in [0.15, 0.2) is 0 Å². The van der Waals surface area contributed by atoms with Crippen molar-refractivity contribution in [3.8, 4) is 0 Å². The largest absolute Gasteiger partial charge is 0.299 e. The van der Waals surface area contributed by atoms with Crippen molar-refractivity contribution in [2.24, 2.45) is 35.5 Å². The van der Waals surface area contributed by atoms with E-state index < -0.39 is 0 Å². The molecule has 172 valence electrons. The fourth-order valence-electron chi connectivity index (χ4n) is 7.01. The SMILES string of the molecule is CCCCCC1CCC(C(=O)CC2CCC(C3CCC(CCC)CC3)CC2)C(=O)C1. The summed E-state index contributed by atoms with van der Waals surface area (Å²) in [5.74, 6) is 4.29. The number of rotatable bonds is 10. The highest BCUT2D eigenvalue weighted by molar-refractivity contribution is 6.02. The summed E-state index contributed by atoms with van der Waals surface area (Å²) in [6.45, 7) is 4.55. The molecular formula is C28H48O2. The molecule has 3 saturated carbocycles. The van der Waals surface area contributed by atoms with E-state index in [-0.39, 0.29) is 17.5 Å². The maximum absolute atomic E-state index is 12.9. The van der Waals surface area contributed by atoms with Crippen LogP contribution in [0.4, 0.5) is 0 Å². The minimum absolute atomic E-state index is 0.251. The molecular weight excluding hydrogens is 368 g/mol. The van der Waals surface area contributed by atoms with E-state index in [0.29, 0.717) is 24.7 Å². The van der Waals surface area contributed by atoms with Gasteiger partial charge in [-0.05, 0) is 81.0 Å². The minimum atomic E-state index is -0.251. The topological polar surface area (TPSA) is 34.1 Å². The highest BCUT2D eigenvalue weighted by atomic mass is 16.1. The van der Waals surface area contributed by atoms with Crippen molar-refractivity contribution in [2.75, 3.05) is 0 Å². The van der Waals surface area contributed by atoms with Gasteiger partial charge in [-0.15, -0.1) is 0 Å². The van der Waals surface area contributed by atoms with Crippen LogP contribution in [0.15, 0.2) is 0 Å². The molecule has 0 aromatic carbocycles. The van der Waals surface area contributed by atoms with E-state index in [1.165, 1.54) is 89.9 Å². The zero-order chi connectivity index (χ0) is 21.3. The van der Waals surface area contributed by atoms with Crippen LogP contribution in [0.1, 0.15) is 129 Å². The molecule has 0 aliphatic heterocycles. The molecule has 2 atom stereocenters. The van der Waals surface area contributed by atoms with Crippen molar-refractivity contribution in [1.29, 1.82) is 0 Å². The van der Waals surface area contributed by atoms with Gasteiger partial charge in [-0.3, -0.25) is 9.59 Å². The molecule has 0 spiro atoms. The highest BCUT2D eigenvalue weighted by Gasteiger charge is 2.36. The first-order valence-corrected chi connectivity index (χ1v) is 13.7. The number of Topliss-reactive ketones (excluding diaryl/α,β-unsaturated/α-hetero) is 2. The Morgan fingerprint density at radius 1 is 0.700 bits per heavy atom. The molecule has 0 N–H and O–H groups in total. The summed E-state index contributed by atoms with van der Waals surface area (Å²) >= 11 is 0. The Balaban J connectivity index is 1.35. The van der Waals surface area contributed by atoms with E-state index in [9.17, 15) is 9.59 Å². The smallest absolute Gasteiger partial charge is 0.143 e. The van der Waals surface area contributed by atoms with Gasteiger partial charge in [-0.25, -0.2) is 0 Å². The van der Waals surface area contributed by atoms with Crippen LogP contribution in [0.2, 0.25) is 0 Å². The minimum Gasteiger partial charge on any atom is -0.299 e. The maximum atomic E-state index is 12.9. The second kappa shape index (κ2) is 12.4. The molecule has 0 aromatic heterocycles. The predicted octanol–water partition coefficient (Wildman–Crippen LogP) is 7.92. The zero-order valence-corrected chi connectivity index (χ0v) is 20.0. The molecule has 3 fully saturated rings. The number of hydrogen-bond donors (Lipinski definition) is 0. The average Bonchev–Trinajstić information content (AvgIpc) is 2.75. The quantitative estimate of drug-likeness (QED) is 0.268. The second-order valence-electron chi connectivity index (χ2n) is 11.2. The Hall–Kier alpha value is -0.660. The van der Waals surface area contributed by atoms with Crippen LogP contribution in [-0.2, 0) is 9.59 Å². The van der Waals surface area contributed by atoms with Crippen molar-refractivity contribution in [3.63, 3.8) is 0 Å². The van der Waals surface area contributed by atoms with E-state index in [1.807, 2.05) is 0 Å². The Morgan fingerprint density at radius 2 is 1.30 bits per heavy atom. The van der Waals surface area contributed by atoms with Crippen molar-refractivity contribution >= 4 is 11.6 Å².